The molecular weight excluding hydrogens is 354 g/mol. The highest BCUT2D eigenvalue weighted by molar-refractivity contribution is 6.25. The van der Waals surface area contributed by atoms with Gasteiger partial charge in [-0.1, -0.05) is 6.07 Å². The molecule has 138 valence electrons. The fourth-order valence-electron chi connectivity index (χ4n) is 3.24. The monoisotopic (exact) mass is 369 g/mol. The maximum atomic E-state index is 12.9. The molecule has 2 aliphatic heterocycles. The maximum Gasteiger partial charge on any atom is 0.264 e. The molecule has 1 aromatic carbocycles. The number of Topliss-reactive ketones (excluding diaryl/α,β-unsaturated/α-hetero) is 1. The van der Waals surface area contributed by atoms with E-state index in [-0.39, 0.29) is 11.1 Å². The van der Waals surface area contributed by atoms with Gasteiger partial charge >= 0.3 is 0 Å². The number of rotatable bonds is 4. The van der Waals surface area contributed by atoms with Crippen LogP contribution in [0.3, 0.4) is 0 Å². The molecule has 0 spiro atoms. The maximum absolute atomic E-state index is 12.9. The van der Waals surface area contributed by atoms with Crippen LogP contribution in [0.1, 0.15) is 32.9 Å². The average Bonchev–Trinajstić information content (AvgIpc) is 3.25. The van der Waals surface area contributed by atoms with Crippen LogP contribution >= 0.6 is 0 Å². The molecule has 2 aliphatic rings. The number of carbonyl (C=O) groups is 4. The van der Waals surface area contributed by atoms with Gasteiger partial charge in [0.05, 0.1) is 23.9 Å². The van der Waals surface area contributed by atoms with E-state index in [9.17, 15) is 24.3 Å². The van der Waals surface area contributed by atoms with Crippen molar-refractivity contribution >= 4 is 29.2 Å². The first kappa shape index (κ1) is 17.0. The largest absolute Gasteiger partial charge is 0.467 e. The number of furan rings is 1. The Kier molecular flexibility index (Phi) is 4.00. The third-order valence-electron chi connectivity index (χ3n) is 4.57. The highest BCUT2D eigenvalue weighted by atomic mass is 16.3. The number of hydrogen-bond donors (Lipinski definition) is 3. The first-order valence-corrected chi connectivity index (χ1v) is 8.25. The van der Waals surface area contributed by atoms with Crippen LogP contribution in [0.4, 0.5) is 5.69 Å². The van der Waals surface area contributed by atoms with E-state index in [1.54, 1.807) is 24.3 Å². The van der Waals surface area contributed by atoms with Gasteiger partial charge in [-0.05, 0) is 24.3 Å². The molecule has 9 nitrogen and oxygen atoms in total. The normalized spacial score (nSPS) is 22.0. The van der Waals surface area contributed by atoms with Gasteiger partial charge in [0.1, 0.15) is 11.8 Å². The van der Waals surface area contributed by atoms with Crippen LogP contribution in [0.15, 0.2) is 41.0 Å². The molecular formula is C18H15N3O6. The Labute approximate surface area is 152 Å². The van der Waals surface area contributed by atoms with Gasteiger partial charge in [0.25, 0.3) is 11.8 Å². The van der Waals surface area contributed by atoms with Crippen LogP contribution in [0, 0.1) is 0 Å². The van der Waals surface area contributed by atoms with Crippen molar-refractivity contribution < 1.29 is 28.7 Å². The molecule has 2 unspecified atom stereocenters. The molecule has 1 saturated heterocycles. The first-order valence-electron chi connectivity index (χ1n) is 8.25. The fourth-order valence-corrected chi connectivity index (χ4v) is 3.24. The number of ketones is 1. The van der Waals surface area contributed by atoms with Gasteiger partial charge in [0.2, 0.25) is 5.91 Å². The van der Waals surface area contributed by atoms with Crippen LogP contribution in [-0.2, 0) is 16.1 Å². The van der Waals surface area contributed by atoms with Crippen LogP contribution in [0.5, 0.6) is 0 Å². The summed E-state index contributed by atoms with van der Waals surface area (Å²) >= 11 is 0. The van der Waals surface area contributed by atoms with E-state index >= 15 is 0 Å². The molecule has 0 aliphatic carbocycles. The molecule has 1 aromatic heterocycles. The van der Waals surface area contributed by atoms with E-state index in [0.717, 1.165) is 4.90 Å². The predicted octanol–water partition coefficient (Wildman–Crippen LogP) is 0.264. The summed E-state index contributed by atoms with van der Waals surface area (Å²) in [5.41, 5.74) is 0.712. The Morgan fingerprint density at radius 2 is 1.96 bits per heavy atom. The summed E-state index contributed by atoms with van der Waals surface area (Å²) in [5, 5.41) is 14.6. The quantitative estimate of drug-likeness (QED) is 0.660. The van der Waals surface area contributed by atoms with Crippen molar-refractivity contribution in [3.05, 3.63) is 53.5 Å². The molecule has 0 saturated carbocycles. The number of carbonyl (C=O) groups excluding carboxylic acids is 4. The van der Waals surface area contributed by atoms with Gasteiger partial charge in [0, 0.05) is 12.1 Å². The zero-order chi connectivity index (χ0) is 19.1. The van der Waals surface area contributed by atoms with Crippen molar-refractivity contribution in [2.75, 3.05) is 5.32 Å². The Hall–Kier alpha value is -3.46. The molecule has 1 fully saturated rings. The van der Waals surface area contributed by atoms with E-state index < -0.39 is 42.2 Å². The molecule has 27 heavy (non-hydrogen) atoms. The second-order valence-electron chi connectivity index (χ2n) is 6.24. The number of imide groups is 1. The van der Waals surface area contributed by atoms with E-state index in [1.165, 1.54) is 12.3 Å². The summed E-state index contributed by atoms with van der Waals surface area (Å²) in [6.45, 7) is 0.305. The molecule has 0 bridgehead atoms. The number of nitrogens with zero attached hydrogens (tertiary/aromatic N) is 1. The summed E-state index contributed by atoms with van der Waals surface area (Å²) in [6, 6.07) is 6.96. The van der Waals surface area contributed by atoms with E-state index in [4.69, 9.17) is 4.42 Å². The van der Waals surface area contributed by atoms with E-state index in [0.29, 0.717) is 18.0 Å². The third-order valence-corrected chi connectivity index (χ3v) is 4.57. The van der Waals surface area contributed by atoms with Crippen LogP contribution in [-0.4, -0.2) is 45.8 Å². The smallest absolute Gasteiger partial charge is 0.264 e. The minimum absolute atomic E-state index is 0.139. The summed E-state index contributed by atoms with van der Waals surface area (Å²) in [4.78, 5) is 50.3. The Morgan fingerprint density at radius 1 is 1.15 bits per heavy atom. The number of hydrogen-bond acceptors (Lipinski definition) is 7. The van der Waals surface area contributed by atoms with E-state index in [1.807, 2.05) is 0 Å². The summed E-state index contributed by atoms with van der Waals surface area (Å²) in [6.07, 6.45) is -0.515. The lowest BCUT2D eigenvalue weighted by atomic mass is 10.0. The predicted molar refractivity (Wildman–Crippen MR) is 90.5 cm³/mol. The second-order valence-corrected chi connectivity index (χ2v) is 6.24. The minimum Gasteiger partial charge on any atom is -0.467 e. The van der Waals surface area contributed by atoms with Crippen molar-refractivity contribution in [2.45, 2.75) is 25.2 Å². The van der Waals surface area contributed by atoms with Gasteiger partial charge in [-0.3, -0.25) is 24.1 Å². The van der Waals surface area contributed by atoms with Gasteiger partial charge in [-0.15, -0.1) is 0 Å². The number of benzene rings is 1. The van der Waals surface area contributed by atoms with Crippen LogP contribution in [0.2, 0.25) is 0 Å². The molecule has 9 heteroatoms. The van der Waals surface area contributed by atoms with Gasteiger partial charge in [0.15, 0.2) is 12.0 Å². The Morgan fingerprint density at radius 3 is 2.70 bits per heavy atom. The highest BCUT2D eigenvalue weighted by Crippen LogP contribution is 2.32. The summed E-state index contributed by atoms with van der Waals surface area (Å²) in [5.74, 6) is -2.08. The lowest BCUT2D eigenvalue weighted by molar-refractivity contribution is -0.144. The topological polar surface area (TPSA) is 129 Å². The van der Waals surface area contributed by atoms with Crippen molar-refractivity contribution in [3.8, 4) is 0 Å². The minimum atomic E-state index is -1.62. The number of anilines is 1. The molecule has 4 rings (SSSR count). The average molecular weight is 369 g/mol. The summed E-state index contributed by atoms with van der Waals surface area (Å²) < 4.78 is 5.24. The molecule has 3 amide bonds. The summed E-state index contributed by atoms with van der Waals surface area (Å²) in [7, 11) is 0. The first-order chi connectivity index (χ1) is 13.0. The number of aliphatic hydroxyl groups excluding tert-OH is 1. The number of amides is 3. The molecule has 0 radical (unpaired) electrons. The fraction of sp³-hybridized carbons (Fsp3) is 0.222. The van der Waals surface area contributed by atoms with Crippen molar-refractivity contribution in [1.82, 2.24) is 10.2 Å². The standard InChI is InChI=1S/C18H15N3O6/c22-13-7-12(15(23)20-16(13)24)21-17(25)10-4-1-5-11(14(10)18(21)26)19-8-9-3-2-6-27-9/h1-6,12,16,19,24H,7-8H2,(H,20,23). The zero-order valence-corrected chi connectivity index (χ0v) is 14.0. The Bertz CT molecular complexity index is 952. The highest BCUT2D eigenvalue weighted by Gasteiger charge is 2.47. The lowest BCUT2D eigenvalue weighted by Crippen LogP contribution is -2.59. The SMILES string of the molecule is O=C1CC(N2C(=O)c3cccc(NCc4ccco4)c3C2=O)C(=O)NC1O. The lowest BCUT2D eigenvalue weighted by Gasteiger charge is -2.30. The molecule has 3 heterocycles. The molecule has 3 N–H and O–H groups in total. The molecule has 2 aromatic rings. The third kappa shape index (κ3) is 2.77. The van der Waals surface area contributed by atoms with Crippen LogP contribution < -0.4 is 10.6 Å². The zero-order valence-electron chi connectivity index (χ0n) is 14.0. The second kappa shape index (κ2) is 6.36. The number of piperidine rings is 1. The number of fused-ring (bicyclic) bond motifs is 1. The van der Waals surface area contributed by atoms with Crippen molar-refractivity contribution in [3.63, 3.8) is 0 Å². The van der Waals surface area contributed by atoms with Gasteiger partial charge in [-0.25, -0.2) is 0 Å². The molecule has 2 atom stereocenters. The van der Waals surface area contributed by atoms with Crippen molar-refractivity contribution in [2.24, 2.45) is 0 Å². The number of aliphatic hydroxyl groups is 1. The van der Waals surface area contributed by atoms with Crippen LogP contribution in [0.25, 0.3) is 0 Å². The van der Waals surface area contributed by atoms with Gasteiger partial charge < -0.3 is 20.2 Å². The van der Waals surface area contributed by atoms with Crippen molar-refractivity contribution in [1.29, 1.82) is 0 Å². The number of nitrogens with one attached hydrogen (secondary N) is 2. The Balaban J connectivity index is 1.63. The van der Waals surface area contributed by atoms with E-state index in [2.05, 4.69) is 10.6 Å². The van der Waals surface area contributed by atoms with Gasteiger partial charge in [-0.2, -0.15) is 0 Å².